The van der Waals surface area contributed by atoms with Gasteiger partial charge in [-0.3, -0.25) is 14.5 Å². The molecule has 0 atom stereocenters. The van der Waals surface area contributed by atoms with Crippen LogP contribution in [0.2, 0.25) is 0 Å². The Hall–Kier alpha value is -2.81. The van der Waals surface area contributed by atoms with Crippen LogP contribution in [0.1, 0.15) is 37.7 Å². The van der Waals surface area contributed by atoms with Crippen molar-refractivity contribution < 1.29 is 9.59 Å². The summed E-state index contributed by atoms with van der Waals surface area (Å²) in [6, 6.07) is 5.12. The summed E-state index contributed by atoms with van der Waals surface area (Å²) in [4.78, 5) is 26.2. The summed E-state index contributed by atoms with van der Waals surface area (Å²) in [7, 11) is 1.73. The predicted octanol–water partition coefficient (Wildman–Crippen LogP) is 1.88. The number of nitrogens with two attached hydrogens (primary N) is 1. The summed E-state index contributed by atoms with van der Waals surface area (Å²) in [5.74, 6) is 1.00. The molecule has 126 valence electrons. The summed E-state index contributed by atoms with van der Waals surface area (Å²) < 4.78 is 0. The number of nitrogens with one attached hydrogen (secondary N) is 2. The van der Waals surface area contributed by atoms with Crippen LogP contribution >= 0.6 is 0 Å². The van der Waals surface area contributed by atoms with Crippen molar-refractivity contribution in [3.05, 3.63) is 23.8 Å². The third-order valence-electron chi connectivity index (χ3n) is 4.61. The summed E-state index contributed by atoms with van der Waals surface area (Å²) >= 11 is 0. The molecule has 1 aromatic carbocycles. The fourth-order valence-electron chi connectivity index (χ4n) is 3.37. The van der Waals surface area contributed by atoms with E-state index in [1.165, 1.54) is 11.1 Å². The van der Waals surface area contributed by atoms with Gasteiger partial charge < -0.3 is 16.5 Å². The second-order valence-electron chi connectivity index (χ2n) is 5.91. The van der Waals surface area contributed by atoms with Crippen LogP contribution in [-0.4, -0.2) is 30.6 Å². The fourth-order valence-corrected chi connectivity index (χ4v) is 3.37. The van der Waals surface area contributed by atoms with Gasteiger partial charge in [-0.25, -0.2) is 0 Å². The molecule has 0 spiro atoms. The zero-order valence-corrected chi connectivity index (χ0v) is 13.8. The number of carbonyl (C=O) groups excluding carboxylic acids is 2. The smallest absolute Gasteiger partial charge is 0.303 e. The quantitative estimate of drug-likeness (QED) is 0.569. The first-order valence-corrected chi connectivity index (χ1v) is 7.93. The first-order valence-electron chi connectivity index (χ1n) is 7.93. The lowest BCUT2D eigenvalue weighted by atomic mass is 9.79. The van der Waals surface area contributed by atoms with Crippen molar-refractivity contribution in [2.75, 3.05) is 17.3 Å². The first-order chi connectivity index (χ1) is 11.5. The molecule has 1 fully saturated rings. The summed E-state index contributed by atoms with van der Waals surface area (Å²) in [5, 5.41) is 10.4. The molecule has 0 radical (unpaired) electrons. The van der Waals surface area contributed by atoms with Crippen LogP contribution in [0.15, 0.2) is 18.2 Å². The van der Waals surface area contributed by atoms with Crippen molar-refractivity contribution >= 4 is 29.4 Å². The lowest BCUT2D eigenvalue weighted by molar-refractivity contribution is -0.127. The Morgan fingerprint density at radius 2 is 2.04 bits per heavy atom. The van der Waals surface area contributed by atoms with Crippen molar-refractivity contribution in [1.29, 1.82) is 5.41 Å². The van der Waals surface area contributed by atoms with Crippen LogP contribution in [0.4, 0.5) is 11.4 Å². The van der Waals surface area contributed by atoms with Gasteiger partial charge in [-0.1, -0.05) is 19.3 Å². The standard InChI is InChI=1S/C18H22N4O2/c1-3-16(23)22(18(17(20)24)9-5-4-6-10-18)14-8-7-13(12-19)15(11-14)21-2/h1,7-8,11-12,19,21H,4-6,9-10H2,2H3,(H2,20,24). The first kappa shape index (κ1) is 17.5. The van der Waals surface area contributed by atoms with Crippen LogP contribution in [0, 0.1) is 17.8 Å². The molecule has 4 N–H and O–H groups in total. The molecule has 0 unspecified atom stereocenters. The molecule has 6 nitrogen and oxygen atoms in total. The van der Waals surface area contributed by atoms with E-state index >= 15 is 0 Å². The van der Waals surface area contributed by atoms with E-state index in [0.717, 1.165) is 19.3 Å². The van der Waals surface area contributed by atoms with Gasteiger partial charge in [0.05, 0.1) is 0 Å². The van der Waals surface area contributed by atoms with Gasteiger partial charge in [-0.2, -0.15) is 0 Å². The minimum atomic E-state index is -1.10. The Labute approximate surface area is 141 Å². The highest BCUT2D eigenvalue weighted by Gasteiger charge is 2.46. The van der Waals surface area contributed by atoms with Crippen molar-refractivity contribution in [2.24, 2.45) is 5.73 Å². The third-order valence-corrected chi connectivity index (χ3v) is 4.61. The Morgan fingerprint density at radius 3 is 2.54 bits per heavy atom. The third kappa shape index (κ3) is 2.98. The summed E-state index contributed by atoms with van der Waals surface area (Å²) in [6.45, 7) is 0. The number of carbonyl (C=O) groups is 2. The molecule has 1 aliphatic rings. The second-order valence-corrected chi connectivity index (χ2v) is 5.91. The van der Waals surface area contributed by atoms with E-state index in [1.807, 2.05) is 0 Å². The lowest BCUT2D eigenvalue weighted by Gasteiger charge is -2.43. The van der Waals surface area contributed by atoms with Gasteiger partial charge in [-0.15, -0.1) is 6.42 Å². The van der Waals surface area contributed by atoms with Crippen molar-refractivity contribution in [1.82, 2.24) is 0 Å². The van der Waals surface area contributed by atoms with Crippen LogP contribution < -0.4 is 16.0 Å². The molecule has 0 aliphatic heterocycles. The van der Waals surface area contributed by atoms with Gasteiger partial charge in [0.25, 0.3) is 0 Å². The monoisotopic (exact) mass is 326 g/mol. The Balaban J connectivity index is 2.61. The van der Waals surface area contributed by atoms with E-state index < -0.39 is 17.4 Å². The van der Waals surface area contributed by atoms with E-state index in [0.29, 0.717) is 29.8 Å². The number of hydrogen-bond donors (Lipinski definition) is 3. The molecule has 1 aliphatic carbocycles. The Morgan fingerprint density at radius 1 is 1.38 bits per heavy atom. The highest BCUT2D eigenvalue weighted by atomic mass is 16.2. The number of primary amides is 1. The fraction of sp³-hybridized carbons (Fsp3) is 0.389. The highest BCUT2D eigenvalue weighted by Crippen LogP contribution is 2.38. The maximum absolute atomic E-state index is 12.5. The number of anilines is 2. The Kier molecular flexibility index (Phi) is 5.24. The van der Waals surface area contributed by atoms with Crippen LogP contribution in [0.3, 0.4) is 0 Å². The normalized spacial score (nSPS) is 15.8. The molecule has 1 saturated carbocycles. The van der Waals surface area contributed by atoms with Crippen LogP contribution in [0.25, 0.3) is 0 Å². The molecule has 6 heteroatoms. The Bertz CT molecular complexity index is 699. The zero-order chi connectivity index (χ0) is 17.7. The van der Waals surface area contributed by atoms with Crippen molar-refractivity contribution in [3.63, 3.8) is 0 Å². The molecule has 24 heavy (non-hydrogen) atoms. The second kappa shape index (κ2) is 7.18. The van der Waals surface area contributed by atoms with Gasteiger partial charge >= 0.3 is 5.91 Å². The molecule has 2 amide bonds. The average Bonchev–Trinajstić information content (AvgIpc) is 2.62. The van der Waals surface area contributed by atoms with E-state index in [2.05, 4.69) is 11.2 Å². The van der Waals surface area contributed by atoms with Gasteiger partial charge in [0.1, 0.15) is 5.54 Å². The molecule has 0 saturated heterocycles. The minimum absolute atomic E-state index is 0.497. The minimum Gasteiger partial charge on any atom is -0.388 e. The molecule has 0 heterocycles. The van der Waals surface area contributed by atoms with Crippen molar-refractivity contribution in [2.45, 2.75) is 37.6 Å². The number of benzene rings is 1. The highest BCUT2D eigenvalue weighted by molar-refractivity contribution is 6.11. The maximum Gasteiger partial charge on any atom is 0.303 e. The van der Waals surface area contributed by atoms with Crippen LogP contribution in [-0.2, 0) is 9.59 Å². The number of terminal acetylenes is 1. The maximum atomic E-state index is 12.5. The average molecular weight is 326 g/mol. The van der Waals surface area contributed by atoms with Gasteiger partial charge in [0.15, 0.2) is 0 Å². The van der Waals surface area contributed by atoms with Gasteiger partial charge in [0, 0.05) is 30.2 Å². The molecule has 2 rings (SSSR count). The molecule has 0 bridgehead atoms. The zero-order valence-electron chi connectivity index (χ0n) is 13.8. The molecule has 1 aromatic rings. The van der Waals surface area contributed by atoms with E-state index in [9.17, 15) is 9.59 Å². The SMILES string of the molecule is C#CC(=O)N(c1ccc(C=N)c(NC)c1)C1(C(N)=O)CCCCC1. The molecular formula is C18H22N4O2. The lowest BCUT2D eigenvalue weighted by Crippen LogP contribution is -2.60. The van der Waals surface area contributed by atoms with Gasteiger partial charge in [-0.05, 0) is 37.0 Å². The van der Waals surface area contributed by atoms with E-state index in [1.54, 1.807) is 25.2 Å². The summed E-state index contributed by atoms with van der Waals surface area (Å²) in [5.41, 5.74) is 6.46. The number of amides is 2. The number of hydrogen-bond acceptors (Lipinski definition) is 4. The molecule has 0 aromatic heterocycles. The van der Waals surface area contributed by atoms with Gasteiger partial charge in [0.2, 0.25) is 5.91 Å². The largest absolute Gasteiger partial charge is 0.388 e. The topological polar surface area (TPSA) is 99.3 Å². The molecular weight excluding hydrogens is 304 g/mol. The summed E-state index contributed by atoms with van der Waals surface area (Å²) in [6.07, 6.45) is 10.2. The number of rotatable bonds is 5. The van der Waals surface area contributed by atoms with E-state index in [-0.39, 0.29) is 0 Å². The predicted molar refractivity (Wildman–Crippen MR) is 95.2 cm³/mol. The van der Waals surface area contributed by atoms with Crippen LogP contribution in [0.5, 0.6) is 0 Å². The number of nitrogens with zero attached hydrogens (tertiary/aromatic N) is 1. The van der Waals surface area contributed by atoms with Crippen molar-refractivity contribution in [3.8, 4) is 12.3 Å². The van der Waals surface area contributed by atoms with E-state index in [4.69, 9.17) is 17.6 Å².